The van der Waals surface area contributed by atoms with Crippen LogP contribution in [0.5, 0.6) is 0 Å². The summed E-state index contributed by atoms with van der Waals surface area (Å²) in [7, 11) is 0. The van der Waals surface area contributed by atoms with E-state index in [1.807, 2.05) is 0 Å². The summed E-state index contributed by atoms with van der Waals surface area (Å²) in [6.07, 6.45) is 15.7. The van der Waals surface area contributed by atoms with Crippen LogP contribution in [0.15, 0.2) is 23.8 Å². The van der Waals surface area contributed by atoms with Crippen molar-refractivity contribution < 1.29 is 14.9 Å². The van der Waals surface area contributed by atoms with E-state index in [1.54, 1.807) is 0 Å². The minimum Gasteiger partial charge on any atom is -0.393 e. The van der Waals surface area contributed by atoms with Gasteiger partial charge in [0.05, 0.1) is 6.10 Å². The predicted molar refractivity (Wildman–Crippen MR) is 124 cm³/mol. The summed E-state index contributed by atoms with van der Waals surface area (Å²) in [6, 6.07) is 0. The van der Waals surface area contributed by atoms with Crippen molar-refractivity contribution in [3.8, 4) is 0 Å². The summed E-state index contributed by atoms with van der Waals surface area (Å²) in [5, 5.41) is 10.4. The van der Waals surface area contributed by atoms with Crippen molar-refractivity contribution in [2.45, 2.75) is 110 Å². The zero-order valence-electron chi connectivity index (χ0n) is 20.6. The lowest BCUT2D eigenvalue weighted by Gasteiger charge is -2.69. The number of aliphatic hydroxyl groups is 1. The van der Waals surface area contributed by atoms with Gasteiger partial charge in [0.15, 0.2) is 0 Å². The molecule has 0 unspecified atom stereocenters. The maximum absolute atomic E-state index is 10.4. The fraction of sp³-hybridized carbons (Fsp3) is 0.857. The van der Waals surface area contributed by atoms with Crippen LogP contribution in [0.3, 0.4) is 0 Å². The third-order valence-corrected chi connectivity index (χ3v) is 11.0. The molecule has 0 aromatic carbocycles. The van der Waals surface area contributed by atoms with E-state index in [-0.39, 0.29) is 28.1 Å². The lowest BCUT2D eigenvalue weighted by Crippen LogP contribution is -2.71. The summed E-state index contributed by atoms with van der Waals surface area (Å²) in [6.45, 7) is 14.4. The summed E-state index contributed by atoms with van der Waals surface area (Å²) < 4.78 is 0. The summed E-state index contributed by atoms with van der Waals surface area (Å²) in [5.74, 6) is 3.14. The van der Waals surface area contributed by atoms with Gasteiger partial charge in [-0.3, -0.25) is 0 Å². The molecule has 4 aliphatic carbocycles. The molecule has 0 aromatic rings. The molecule has 0 amide bonds. The maximum atomic E-state index is 10.4. The minimum absolute atomic E-state index is 0.0142. The van der Waals surface area contributed by atoms with Crippen molar-refractivity contribution in [3.05, 3.63) is 23.8 Å². The van der Waals surface area contributed by atoms with E-state index in [4.69, 9.17) is 9.78 Å². The average Bonchev–Trinajstić information content (AvgIpc) is 3.09. The van der Waals surface area contributed by atoms with Gasteiger partial charge in [-0.1, -0.05) is 59.8 Å². The summed E-state index contributed by atoms with van der Waals surface area (Å²) >= 11 is 0. The molecule has 5 fully saturated rings. The van der Waals surface area contributed by atoms with Gasteiger partial charge in [0.1, 0.15) is 11.2 Å². The topological polar surface area (TPSA) is 38.7 Å². The molecule has 2 spiro atoms. The molecule has 6 aliphatic rings. The van der Waals surface area contributed by atoms with E-state index in [0.717, 1.165) is 38.5 Å². The zero-order chi connectivity index (χ0) is 22.2. The Balaban J connectivity index is 1.46. The molecule has 3 saturated carbocycles. The Morgan fingerprint density at radius 3 is 2.45 bits per heavy atom. The molecule has 9 atom stereocenters. The quantitative estimate of drug-likeness (QED) is 0.404. The highest BCUT2D eigenvalue weighted by molar-refractivity contribution is 5.40. The number of fused-ring (bicyclic) bond motifs is 3. The second kappa shape index (κ2) is 7.18. The maximum Gasteiger partial charge on any atom is 0.129 e. The Kier molecular flexibility index (Phi) is 5.13. The van der Waals surface area contributed by atoms with Crippen LogP contribution in [-0.2, 0) is 9.78 Å². The van der Waals surface area contributed by atoms with Crippen molar-refractivity contribution in [2.24, 2.45) is 40.4 Å². The number of rotatable bonds is 4. The lowest BCUT2D eigenvalue weighted by molar-refractivity contribution is -0.494. The molecule has 3 heteroatoms. The van der Waals surface area contributed by atoms with Crippen LogP contribution >= 0.6 is 0 Å². The Labute approximate surface area is 189 Å². The molecule has 31 heavy (non-hydrogen) atoms. The van der Waals surface area contributed by atoms with E-state index < -0.39 is 0 Å². The molecule has 2 aliphatic heterocycles. The molecule has 6 rings (SSSR count). The normalized spacial score (nSPS) is 50.7. The standard InChI is InChI=1S/C28H44O3/c1-18(2)19(3)7-8-20(4)22-9-10-23-25(22,5)13-12-24-26(6)14-11-21(29)17-27(26)15-16-28(23,24)31-30-27/h7-8,12,18-23,29H,9-11,13-17H2,1-6H3/b8-7+/t19-,20+,21-,22+,23+,25+,26+,27+,28-/m0/s1. The number of aliphatic hydroxyl groups excluding tert-OH is 1. The first-order valence-electron chi connectivity index (χ1n) is 13.0. The van der Waals surface area contributed by atoms with Crippen molar-refractivity contribution in [1.29, 1.82) is 0 Å². The Morgan fingerprint density at radius 1 is 1.00 bits per heavy atom. The zero-order valence-corrected chi connectivity index (χ0v) is 20.6. The van der Waals surface area contributed by atoms with Gasteiger partial charge in [0.2, 0.25) is 0 Å². The van der Waals surface area contributed by atoms with Gasteiger partial charge in [-0.25, -0.2) is 9.78 Å². The molecule has 3 nitrogen and oxygen atoms in total. The Hall–Kier alpha value is -0.640. The van der Waals surface area contributed by atoms with Gasteiger partial charge in [0.25, 0.3) is 0 Å². The van der Waals surface area contributed by atoms with E-state index in [9.17, 15) is 5.11 Å². The highest BCUT2D eigenvalue weighted by Crippen LogP contribution is 2.73. The van der Waals surface area contributed by atoms with Gasteiger partial charge >= 0.3 is 0 Å². The third-order valence-electron chi connectivity index (χ3n) is 11.0. The second-order valence-electron chi connectivity index (χ2n) is 12.7. The van der Waals surface area contributed by atoms with E-state index >= 15 is 0 Å². The van der Waals surface area contributed by atoms with Crippen LogP contribution in [0.2, 0.25) is 0 Å². The smallest absolute Gasteiger partial charge is 0.129 e. The Bertz CT molecular complexity index is 773. The van der Waals surface area contributed by atoms with Crippen LogP contribution in [-0.4, -0.2) is 22.4 Å². The molecular formula is C28H44O3. The molecule has 1 N–H and O–H groups in total. The van der Waals surface area contributed by atoms with Gasteiger partial charge in [0, 0.05) is 17.8 Å². The van der Waals surface area contributed by atoms with E-state index in [0.29, 0.717) is 29.6 Å². The van der Waals surface area contributed by atoms with Crippen LogP contribution in [0.25, 0.3) is 0 Å². The monoisotopic (exact) mass is 428 g/mol. The molecule has 2 heterocycles. The SMILES string of the molecule is CC(C)[C@@H](C)/C=C/[C@@H](C)[C@H]1CC[C@@H]2[C@]1(C)CC=C1[C@]23CC[C@]2(C[C@@H](O)CC[C@]12C)OO3. The molecule has 2 bridgehead atoms. The highest BCUT2D eigenvalue weighted by atomic mass is 17.2. The van der Waals surface area contributed by atoms with Gasteiger partial charge < -0.3 is 5.11 Å². The third kappa shape index (κ3) is 2.88. The molecule has 2 saturated heterocycles. The molecule has 174 valence electrons. The van der Waals surface area contributed by atoms with Crippen molar-refractivity contribution in [1.82, 2.24) is 0 Å². The van der Waals surface area contributed by atoms with Crippen molar-refractivity contribution in [2.75, 3.05) is 0 Å². The van der Waals surface area contributed by atoms with E-state index in [2.05, 4.69) is 59.8 Å². The molecule has 0 aromatic heterocycles. The first-order valence-corrected chi connectivity index (χ1v) is 13.0. The van der Waals surface area contributed by atoms with Gasteiger partial charge in [-0.05, 0) is 79.6 Å². The van der Waals surface area contributed by atoms with Crippen molar-refractivity contribution in [3.63, 3.8) is 0 Å². The van der Waals surface area contributed by atoms with Gasteiger partial charge in [-0.15, -0.1) is 0 Å². The van der Waals surface area contributed by atoms with Crippen molar-refractivity contribution >= 4 is 0 Å². The van der Waals surface area contributed by atoms with Gasteiger partial charge in [-0.2, -0.15) is 0 Å². The fourth-order valence-electron chi connectivity index (χ4n) is 8.58. The number of hydrogen-bond donors (Lipinski definition) is 1. The predicted octanol–water partition coefficient (Wildman–Crippen LogP) is 6.62. The average molecular weight is 429 g/mol. The molecule has 0 radical (unpaired) electrons. The Morgan fingerprint density at radius 2 is 1.77 bits per heavy atom. The van der Waals surface area contributed by atoms with Crippen LogP contribution < -0.4 is 0 Å². The molecular weight excluding hydrogens is 384 g/mol. The first kappa shape index (κ1) is 22.2. The number of allylic oxidation sites excluding steroid dienone is 3. The van der Waals surface area contributed by atoms with Crippen LogP contribution in [0, 0.1) is 40.4 Å². The fourth-order valence-corrected chi connectivity index (χ4v) is 8.58. The van der Waals surface area contributed by atoms with Crippen LogP contribution in [0.4, 0.5) is 0 Å². The first-order chi connectivity index (χ1) is 14.6. The van der Waals surface area contributed by atoms with Crippen LogP contribution in [0.1, 0.15) is 92.9 Å². The lowest BCUT2D eigenvalue weighted by atomic mass is 9.44. The second-order valence-corrected chi connectivity index (χ2v) is 12.7. The highest BCUT2D eigenvalue weighted by Gasteiger charge is 2.73. The summed E-state index contributed by atoms with van der Waals surface area (Å²) in [4.78, 5) is 12.8. The largest absolute Gasteiger partial charge is 0.393 e. The van der Waals surface area contributed by atoms with E-state index in [1.165, 1.54) is 18.4 Å². The summed E-state index contributed by atoms with van der Waals surface area (Å²) in [5.41, 5.74) is 1.24. The number of hydrogen-bond acceptors (Lipinski definition) is 3. The minimum atomic E-state index is -0.326.